The predicted molar refractivity (Wildman–Crippen MR) is 81.6 cm³/mol. The van der Waals surface area contributed by atoms with E-state index in [-0.39, 0.29) is 5.91 Å². The van der Waals surface area contributed by atoms with Crippen LogP contribution in [0.25, 0.3) is 0 Å². The zero-order chi connectivity index (χ0) is 14.7. The van der Waals surface area contributed by atoms with Crippen molar-refractivity contribution >= 4 is 23.1 Å². The fourth-order valence-electron chi connectivity index (χ4n) is 2.67. The van der Waals surface area contributed by atoms with Gasteiger partial charge in [-0.15, -0.1) is 11.3 Å². The SMILES string of the molecule is CNc1nccnc1C1CCN(C(=O)c2cncs2)CC1. The van der Waals surface area contributed by atoms with Gasteiger partial charge >= 0.3 is 0 Å². The molecule has 0 radical (unpaired) electrons. The van der Waals surface area contributed by atoms with E-state index in [0.717, 1.165) is 37.4 Å². The lowest BCUT2D eigenvalue weighted by Gasteiger charge is -2.31. The zero-order valence-corrected chi connectivity index (χ0v) is 12.6. The molecule has 1 saturated heterocycles. The van der Waals surface area contributed by atoms with Crippen molar-refractivity contribution in [1.82, 2.24) is 19.9 Å². The number of amides is 1. The Morgan fingerprint density at radius 2 is 2.10 bits per heavy atom. The van der Waals surface area contributed by atoms with Crippen LogP contribution in [0.15, 0.2) is 24.1 Å². The Balaban J connectivity index is 1.66. The minimum atomic E-state index is 0.0870. The second-order valence-corrected chi connectivity index (χ2v) is 5.86. The Bertz CT molecular complexity index is 608. The van der Waals surface area contributed by atoms with Crippen LogP contribution in [0, 0.1) is 0 Å². The van der Waals surface area contributed by atoms with Crippen LogP contribution in [0.2, 0.25) is 0 Å². The van der Waals surface area contributed by atoms with Crippen LogP contribution >= 0.6 is 11.3 Å². The number of hydrogen-bond acceptors (Lipinski definition) is 6. The molecule has 0 spiro atoms. The van der Waals surface area contributed by atoms with Crippen molar-refractivity contribution in [3.05, 3.63) is 34.7 Å². The molecule has 1 N–H and O–H groups in total. The third kappa shape index (κ3) is 2.87. The molecule has 0 aromatic carbocycles. The van der Waals surface area contributed by atoms with E-state index in [9.17, 15) is 4.79 Å². The molecule has 0 unspecified atom stereocenters. The predicted octanol–water partition coefficient (Wildman–Crippen LogP) is 1.99. The molecule has 110 valence electrons. The molecule has 1 amide bonds. The number of nitrogens with one attached hydrogen (secondary N) is 1. The molecule has 1 fully saturated rings. The topological polar surface area (TPSA) is 71.0 Å². The molecule has 6 nitrogen and oxygen atoms in total. The summed E-state index contributed by atoms with van der Waals surface area (Å²) in [5, 5.41) is 3.09. The molecular weight excluding hydrogens is 286 g/mol. The van der Waals surface area contributed by atoms with E-state index >= 15 is 0 Å². The molecule has 3 rings (SSSR count). The third-order valence-corrected chi connectivity index (χ3v) is 4.54. The molecule has 21 heavy (non-hydrogen) atoms. The van der Waals surface area contributed by atoms with Crippen LogP contribution in [-0.4, -0.2) is 45.9 Å². The minimum absolute atomic E-state index is 0.0870. The van der Waals surface area contributed by atoms with Gasteiger partial charge in [0, 0.05) is 38.4 Å². The Hall–Kier alpha value is -2.02. The number of likely N-dealkylation sites (tertiary alicyclic amines) is 1. The van der Waals surface area contributed by atoms with Crippen LogP contribution < -0.4 is 5.32 Å². The lowest BCUT2D eigenvalue weighted by molar-refractivity contribution is 0.0717. The van der Waals surface area contributed by atoms with Crippen molar-refractivity contribution in [1.29, 1.82) is 0 Å². The van der Waals surface area contributed by atoms with Crippen LogP contribution in [-0.2, 0) is 0 Å². The maximum atomic E-state index is 12.3. The first-order valence-corrected chi connectivity index (χ1v) is 7.84. The van der Waals surface area contributed by atoms with Crippen LogP contribution in [0.5, 0.6) is 0 Å². The van der Waals surface area contributed by atoms with Gasteiger partial charge in [-0.25, -0.2) is 4.98 Å². The Morgan fingerprint density at radius 1 is 1.33 bits per heavy atom. The number of aromatic nitrogens is 3. The second-order valence-electron chi connectivity index (χ2n) is 4.97. The molecule has 0 atom stereocenters. The lowest BCUT2D eigenvalue weighted by Crippen LogP contribution is -2.37. The highest BCUT2D eigenvalue weighted by molar-refractivity contribution is 7.11. The molecule has 0 saturated carbocycles. The molecule has 0 bridgehead atoms. The first kappa shape index (κ1) is 13.9. The molecule has 1 aliphatic rings. The first-order chi connectivity index (χ1) is 10.3. The summed E-state index contributed by atoms with van der Waals surface area (Å²) in [5.74, 6) is 1.28. The Labute approximate surface area is 127 Å². The van der Waals surface area contributed by atoms with Crippen molar-refractivity contribution in [2.75, 3.05) is 25.5 Å². The highest BCUT2D eigenvalue weighted by Gasteiger charge is 2.27. The number of piperidine rings is 1. The number of carbonyl (C=O) groups is 1. The van der Waals surface area contributed by atoms with Crippen molar-refractivity contribution in [3.63, 3.8) is 0 Å². The monoisotopic (exact) mass is 303 g/mol. The average Bonchev–Trinajstić information content (AvgIpc) is 3.09. The van der Waals surface area contributed by atoms with Gasteiger partial charge in [-0.2, -0.15) is 0 Å². The van der Waals surface area contributed by atoms with Crippen molar-refractivity contribution < 1.29 is 4.79 Å². The largest absolute Gasteiger partial charge is 0.372 e. The molecular formula is C14H17N5OS. The average molecular weight is 303 g/mol. The van der Waals surface area contributed by atoms with Gasteiger partial charge in [0.05, 0.1) is 17.4 Å². The molecule has 2 aromatic rings. The molecule has 1 aliphatic heterocycles. The minimum Gasteiger partial charge on any atom is -0.372 e. The molecule has 2 aromatic heterocycles. The summed E-state index contributed by atoms with van der Waals surface area (Å²) < 4.78 is 0. The fraction of sp³-hybridized carbons (Fsp3) is 0.429. The Kier molecular flexibility index (Phi) is 4.10. The summed E-state index contributed by atoms with van der Waals surface area (Å²) in [6, 6.07) is 0. The molecule has 3 heterocycles. The number of anilines is 1. The summed E-state index contributed by atoms with van der Waals surface area (Å²) in [5.41, 5.74) is 2.70. The van der Waals surface area contributed by atoms with Crippen molar-refractivity contribution in [2.24, 2.45) is 0 Å². The smallest absolute Gasteiger partial charge is 0.265 e. The van der Waals surface area contributed by atoms with Gasteiger partial charge in [0.1, 0.15) is 10.7 Å². The van der Waals surface area contributed by atoms with E-state index in [1.807, 2.05) is 11.9 Å². The summed E-state index contributed by atoms with van der Waals surface area (Å²) in [4.78, 5) is 27.6. The summed E-state index contributed by atoms with van der Waals surface area (Å²) in [6.45, 7) is 1.50. The number of thiazole rings is 1. The quantitative estimate of drug-likeness (QED) is 0.939. The van der Waals surface area contributed by atoms with Crippen molar-refractivity contribution in [3.8, 4) is 0 Å². The highest BCUT2D eigenvalue weighted by atomic mass is 32.1. The Morgan fingerprint density at radius 3 is 2.76 bits per heavy atom. The van der Waals surface area contributed by atoms with Crippen LogP contribution in [0.1, 0.15) is 34.1 Å². The van der Waals surface area contributed by atoms with E-state index in [1.54, 1.807) is 24.1 Å². The maximum absolute atomic E-state index is 12.3. The van der Waals surface area contributed by atoms with Gasteiger partial charge < -0.3 is 10.2 Å². The van der Waals surface area contributed by atoms with Gasteiger partial charge in [0.15, 0.2) is 0 Å². The maximum Gasteiger partial charge on any atom is 0.265 e. The van der Waals surface area contributed by atoms with Crippen molar-refractivity contribution in [2.45, 2.75) is 18.8 Å². The highest BCUT2D eigenvalue weighted by Crippen LogP contribution is 2.30. The van der Waals surface area contributed by atoms with Crippen LogP contribution in [0.3, 0.4) is 0 Å². The third-order valence-electron chi connectivity index (χ3n) is 3.78. The zero-order valence-electron chi connectivity index (χ0n) is 11.8. The molecule has 7 heteroatoms. The van der Waals surface area contributed by atoms with E-state index in [0.29, 0.717) is 10.8 Å². The number of hydrogen-bond donors (Lipinski definition) is 1. The lowest BCUT2D eigenvalue weighted by atomic mass is 9.93. The normalized spacial score (nSPS) is 16.0. The van der Waals surface area contributed by atoms with E-state index in [2.05, 4.69) is 20.3 Å². The van der Waals surface area contributed by atoms with Crippen LogP contribution in [0.4, 0.5) is 5.82 Å². The van der Waals surface area contributed by atoms with E-state index in [1.165, 1.54) is 11.3 Å². The molecule has 0 aliphatic carbocycles. The van der Waals surface area contributed by atoms with Gasteiger partial charge in [0.2, 0.25) is 0 Å². The first-order valence-electron chi connectivity index (χ1n) is 6.96. The van der Waals surface area contributed by atoms with Gasteiger partial charge in [-0.1, -0.05) is 0 Å². The van der Waals surface area contributed by atoms with E-state index in [4.69, 9.17) is 0 Å². The fourth-order valence-corrected chi connectivity index (χ4v) is 3.26. The number of carbonyl (C=O) groups excluding carboxylic acids is 1. The number of nitrogens with zero attached hydrogens (tertiary/aromatic N) is 4. The van der Waals surface area contributed by atoms with E-state index < -0.39 is 0 Å². The second kappa shape index (κ2) is 6.17. The standard InChI is InChI=1S/C14H17N5OS/c1-15-13-12(17-4-5-18-13)10-2-6-19(7-3-10)14(20)11-8-16-9-21-11/h4-5,8-10H,2-3,6-7H2,1H3,(H,15,18). The summed E-state index contributed by atoms with van der Waals surface area (Å²) in [7, 11) is 1.86. The van der Waals surface area contributed by atoms with Gasteiger partial charge in [-0.05, 0) is 12.8 Å². The summed E-state index contributed by atoms with van der Waals surface area (Å²) in [6.07, 6.45) is 6.89. The van der Waals surface area contributed by atoms with Gasteiger partial charge in [-0.3, -0.25) is 14.8 Å². The summed E-state index contributed by atoms with van der Waals surface area (Å²) >= 11 is 1.39. The number of rotatable bonds is 3. The van der Waals surface area contributed by atoms with Gasteiger partial charge in [0.25, 0.3) is 5.91 Å².